The summed E-state index contributed by atoms with van der Waals surface area (Å²) in [4.78, 5) is 15.6. The van der Waals surface area contributed by atoms with Crippen LogP contribution >= 0.6 is 11.8 Å². The highest BCUT2D eigenvalue weighted by atomic mass is 32.2. The van der Waals surface area contributed by atoms with Gasteiger partial charge >= 0.3 is 0 Å². The van der Waals surface area contributed by atoms with Crippen molar-refractivity contribution in [3.05, 3.63) is 59.7 Å². The van der Waals surface area contributed by atoms with Gasteiger partial charge in [0.1, 0.15) is 0 Å². The number of ether oxygens (including phenoxy) is 1. The Balaban J connectivity index is 1.67. The smallest absolute Gasteiger partial charge is 0.253 e. The molecule has 8 heteroatoms. The lowest BCUT2D eigenvalue weighted by atomic mass is 10.1. The molecular formula is C21H26N2O4S2. The maximum absolute atomic E-state index is 12.8. The number of carbonyl (C=O) groups is 1. The first-order valence-electron chi connectivity index (χ1n) is 9.49. The summed E-state index contributed by atoms with van der Waals surface area (Å²) in [6.45, 7) is 1.36. The van der Waals surface area contributed by atoms with Gasteiger partial charge < -0.3 is 9.64 Å². The molecule has 1 saturated heterocycles. The molecule has 3 rings (SSSR count). The SMILES string of the molecule is CSc1ccc(CN(C)C(=O)c2cccc(S(=O)(=O)NCC3CCCO3)c2)cc1. The Morgan fingerprint density at radius 3 is 2.66 bits per heavy atom. The van der Waals surface area contributed by atoms with Gasteiger partial charge in [-0.25, -0.2) is 13.1 Å². The summed E-state index contributed by atoms with van der Waals surface area (Å²) in [7, 11) is -1.99. The van der Waals surface area contributed by atoms with E-state index in [4.69, 9.17) is 4.74 Å². The molecule has 1 fully saturated rings. The lowest BCUT2D eigenvalue weighted by Gasteiger charge is -2.18. The Morgan fingerprint density at radius 2 is 2.00 bits per heavy atom. The standard InChI is InChI=1S/C21H26N2O4S2/c1-23(15-16-8-10-19(28-2)11-9-16)21(24)17-5-3-7-20(13-17)29(25,26)22-14-18-6-4-12-27-18/h3,5,7-11,13,18,22H,4,6,12,14-15H2,1-2H3. The van der Waals surface area contributed by atoms with Crippen molar-refractivity contribution in [2.24, 2.45) is 0 Å². The average Bonchev–Trinajstić information content (AvgIpc) is 3.26. The van der Waals surface area contributed by atoms with Crippen LogP contribution in [0.4, 0.5) is 0 Å². The molecule has 6 nitrogen and oxygen atoms in total. The van der Waals surface area contributed by atoms with Gasteiger partial charge in [-0.3, -0.25) is 4.79 Å². The zero-order valence-corrected chi connectivity index (χ0v) is 18.3. The van der Waals surface area contributed by atoms with Gasteiger partial charge in [0.05, 0.1) is 11.0 Å². The van der Waals surface area contributed by atoms with Crippen LogP contribution in [0, 0.1) is 0 Å². The molecule has 0 spiro atoms. The third kappa shape index (κ3) is 5.82. The summed E-state index contributed by atoms with van der Waals surface area (Å²) >= 11 is 1.66. The van der Waals surface area contributed by atoms with Crippen LogP contribution in [0.15, 0.2) is 58.3 Å². The molecule has 0 aliphatic carbocycles. The first-order valence-corrected chi connectivity index (χ1v) is 12.2. The van der Waals surface area contributed by atoms with E-state index in [1.807, 2.05) is 30.5 Å². The second-order valence-corrected chi connectivity index (χ2v) is 9.67. The van der Waals surface area contributed by atoms with E-state index in [-0.39, 0.29) is 23.5 Å². The van der Waals surface area contributed by atoms with Crippen molar-refractivity contribution in [1.82, 2.24) is 9.62 Å². The number of nitrogens with zero attached hydrogens (tertiary/aromatic N) is 1. The van der Waals surface area contributed by atoms with E-state index in [1.54, 1.807) is 35.8 Å². The Bertz CT molecular complexity index is 939. The van der Waals surface area contributed by atoms with Gasteiger partial charge in [-0.15, -0.1) is 11.8 Å². The van der Waals surface area contributed by atoms with Gasteiger partial charge in [0.25, 0.3) is 5.91 Å². The molecule has 0 aromatic heterocycles. The molecule has 0 saturated carbocycles. The van der Waals surface area contributed by atoms with Crippen molar-refractivity contribution in [2.45, 2.75) is 35.3 Å². The van der Waals surface area contributed by atoms with Gasteiger partial charge in [-0.2, -0.15) is 0 Å². The summed E-state index contributed by atoms with van der Waals surface area (Å²) in [6.07, 6.45) is 3.73. The fourth-order valence-corrected chi connectivity index (χ4v) is 4.70. The van der Waals surface area contributed by atoms with Crippen molar-refractivity contribution in [3.8, 4) is 0 Å². The Kier molecular flexibility index (Phi) is 7.34. The maximum Gasteiger partial charge on any atom is 0.253 e. The fourth-order valence-electron chi connectivity index (χ4n) is 3.18. The van der Waals surface area contributed by atoms with E-state index in [9.17, 15) is 13.2 Å². The summed E-state index contributed by atoms with van der Waals surface area (Å²) < 4.78 is 33.2. The number of carbonyl (C=O) groups excluding carboxylic acids is 1. The van der Waals surface area contributed by atoms with Crippen molar-refractivity contribution in [1.29, 1.82) is 0 Å². The number of benzene rings is 2. The largest absolute Gasteiger partial charge is 0.377 e. The molecule has 1 amide bonds. The van der Waals surface area contributed by atoms with E-state index in [0.717, 1.165) is 23.3 Å². The molecule has 1 N–H and O–H groups in total. The highest BCUT2D eigenvalue weighted by Gasteiger charge is 2.21. The van der Waals surface area contributed by atoms with E-state index in [2.05, 4.69) is 4.72 Å². The van der Waals surface area contributed by atoms with Gasteiger partial charge in [0, 0.05) is 37.2 Å². The monoisotopic (exact) mass is 434 g/mol. The predicted octanol–water partition coefficient (Wildman–Crippen LogP) is 3.14. The molecule has 2 aromatic rings. The second-order valence-electron chi connectivity index (χ2n) is 7.02. The molecule has 0 bridgehead atoms. The number of hydrogen-bond donors (Lipinski definition) is 1. The average molecular weight is 435 g/mol. The highest BCUT2D eigenvalue weighted by molar-refractivity contribution is 7.98. The van der Waals surface area contributed by atoms with Gasteiger partial charge in [0.15, 0.2) is 0 Å². The van der Waals surface area contributed by atoms with Gasteiger partial charge in [-0.05, 0) is 55.0 Å². The summed E-state index contributed by atoms with van der Waals surface area (Å²) in [5, 5.41) is 0. The minimum absolute atomic E-state index is 0.0825. The van der Waals surface area contributed by atoms with Gasteiger partial charge in [0.2, 0.25) is 10.0 Å². The first-order chi connectivity index (χ1) is 13.9. The lowest BCUT2D eigenvalue weighted by Crippen LogP contribution is -2.32. The van der Waals surface area contributed by atoms with Crippen LogP contribution in [-0.4, -0.2) is 51.8 Å². The molecule has 29 heavy (non-hydrogen) atoms. The minimum atomic E-state index is -3.70. The molecule has 156 valence electrons. The Hall–Kier alpha value is -1.87. The Labute approximate surface area is 176 Å². The third-order valence-corrected chi connectivity index (χ3v) is 7.01. The van der Waals surface area contributed by atoms with Crippen molar-refractivity contribution >= 4 is 27.7 Å². The lowest BCUT2D eigenvalue weighted by molar-refractivity contribution is 0.0785. The Morgan fingerprint density at radius 1 is 1.24 bits per heavy atom. The van der Waals surface area contributed by atoms with Crippen molar-refractivity contribution in [3.63, 3.8) is 0 Å². The third-order valence-electron chi connectivity index (χ3n) is 4.84. The van der Waals surface area contributed by atoms with Crippen LogP contribution in [0.25, 0.3) is 0 Å². The fraction of sp³-hybridized carbons (Fsp3) is 0.381. The van der Waals surface area contributed by atoms with Crippen molar-refractivity contribution < 1.29 is 17.9 Å². The topological polar surface area (TPSA) is 75.7 Å². The highest BCUT2D eigenvalue weighted by Crippen LogP contribution is 2.18. The van der Waals surface area contributed by atoms with Gasteiger partial charge in [-0.1, -0.05) is 18.2 Å². The van der Waals surface area contributed by atoms with Crippen LogP contribution in [0.1, 0.15) is 28.8 Å². The van der Waals surface area contributed by atoms with Crippen LogP contribution in [-0.2, 0) is 21.3 Å². The number of thioether (sulfide) groups is 1. The number of nitrogens with one attached hydrogen (secondary N) is 1. The molecule has 1 aliphatic rings. The quantitative estimate of drug-likeness (QED) is 0.646. The van der Waals surface area contributed by atoms with Crippen molar-refractivity contribution in [2.75, 3.05) is 26.5 Å². The predicted molar refractivity (Wildman–Crippen MR) is 115 cm³/mol. The molecule has 1 unspecified atom stereocenters. The van der Waals surface area contributed by atoms with E-state index in [0.29, 0.717) is 18.7 Å². The van der Waals surface area contributed by atoms with E-state index >= 15 is 0 Å². The van der Waals surface area contributed by atoms with Crippen LogP contribution in [0.2, 0.25) is 0 Å². The maximum atomic E-state index is 12.8. The molecule has 1 heterocycles. The minimum Gasteiger partial charge on any atom is -0.377 e. The number of amides is 1. The normalized spacial score (nSPS) is 16.7. The van der Waals surface area contributed by atoms with Crippen LogP contribution < -0.4 is 4.72 Å². The molecule has 1 aliphatic heterocycles. The van der Waals surface area contributed by atoms with E-state index < -0.39 is 10.0 Å². The molecule has 0 radical (unpaired) electrons. The summed E-state index contributed by atoms with van der Waals surface area (Å²) in [6, 6.07) is 14.2. The number of sulfonamides is 1. The van der Waals surface area contributed by atoms with Crippen LogP contribution in [0.3, 0.4) is 0 Å². The number of rotatable bonds is 8. The van der Waals surface area contributed by atoms with E-state index in [1.165, 1.54) is 12.1 Å². The molecule has 1 atom stereocenters. The second kappa shape index (κ2) is 9.75. The summed E-state index contributed by atoms with van der Waals surface area (Å²) in [5.41, 5.74) is 1.36. The van der Waals surface area contributed by atoms with Crippen LogP contribution in [0.5, 0.6) is 0 Å². The molecular weight excluding hydrogens is 408 g/mol. The molecule has 2 aromatic carbocycles. The first kappa shape index (κ1) is 21.8. The number of hydrogen-bond acceptors (Lipinski definition) is 5. The summed E-state index contributed by atoms with van der Waals surface area (Å²) in [5.74, 6) is -0.227. The zero-order valence-electron chi connectivity index (χ0n) is 16.6. The zero-order chi connectivity index (χ0) is 20.9.